The summed E-state index contributed by atoms with van der Waals surface area (Å²) in [7, 11) is 0. The van der Waals surface area contributed by atoms with Crippen LogP contribution >= 0.6 is 0 Å². The van der Waals surface area contributed by atoms with Gasteiger partial charge in [0.05, 0.1) is 0 Å². The first-order chi connectivity index (χ1) is 14.0. The van der Waals surface area contributed by atoms with Crippen molar-refractivity contribution in [2.24, 2.45) is 0 Å². The molecule has 4 heteroatoms. The molecule has 0 aromatic heterocycles. The summed E-state index contributed by atoms with van der Waals surface area (Å²) in [5, 5.41) is 0. The number of piperazine rings is 1. The smallest absolute Gasteiger partial charge is 0.254 e. The Balaban J connectivity index is 1.38. The van der Waals surface area contributed by atoms with Gasteiger partial charge in [-0.1, -0.05) is 35.9 Å². The van der Waals surface area contributed by atoms with Crippen LogP contribution < -0.4 is 4.90 Å². The Hall–Kier alpha value is -2.33. The number of piperidine rings is 1. The number of aryl methyl sites for hydroxylation is 3. The molecule has 1 unspecified atom stereocenters. The van der Waals surface area contributed by atoms with Crippen LogP contribution in [0, 0.1) is 20.8 Å². The third-order valence-corrected chi connectivity index (χ3v) is 6.58. The topological polar surface area (TPSA) is 26.8 Å². The fourth-order valence-electron chi connectivity index (χ4n) is 4.91. The minimum Gasteiger partial charge on any atom is -0.369 e. The predicted octanol–water partition coefficient (Wildman–Crippen LogP) is 4.04. The molecule has 2 aliphatic heterocycles. The average Bonchev–Trinajstić information content (AvgIpc) is 2.74. The molecule has 2 fully saturated rings. The van der Waals surface area contributed by atoms with E-state index in [1.807, 2.05) is 19.1 Å². The van der Waals surface area contributed by atoms with Gasteiger partial charge >= 0.3 is 0 Å². The quantitative estimate of drug-likeness (QED) is 0.790. The zero-order valence-corrected chi connectivity index (χ0v) is 18.0. The van der Waals surface area contributed by atoms with E-state index in [9.17, 15) is 4.79 Å². The van der Waals surface area contributed by atoms with Crippen LogP contribution in [-0.4, -0.2) is 61.0 Å². The maximum atomic E-state index is 13.1. The number of nitrogens with zero attached hydrogens (tertiary/aromatic N) is 3. The van der Waals surface area contributed by atoms with Gasteiger partial charge in [-0.05, 0) is 56.9 Å². The Labute approximate surface area is 175 Å². The minimum atomic E-state index is 0.200. The van der Waals surface area contributed by atoms with Gasteiger partial charge in [0, 0.05) is 56.6 Å². The highest BCUT2D eigenvalue weighted by atomic mass is 16.2. The Bertz CT molecular complexity index is 870. The summed E-state index contributed by atoms with van der Waals surface area (Å²) >= 11 is 0. The normalized spacial score (nSPS) is 20.7. The van der Waals surface area contributed by atoms with E-state index < -0.39 is 0 Å². The lowest BCUT2D eigenvalue weighted by atomic mass is 10.00. The molecule has 4 rings (SSSR count). The molecule has 29 heavy (non-hydrogen) atoms. The number of amides is 1. The summed E-state index contributed by atoms with van der Waals surface area (Å²) in [6, 6.07) is 15.3. The maximum absolute atomic E-state index is 13.1. The van der Waals surface area contributed by atoms with Crippen molar-refractivity contribution in [2.75, 3.05) is 44.2 Å². The second-order valence-electron chi connectivity index (χ2n) is 8.68. The standard InChI is InChI=1S/C25H33N3O/c1-19-10-11-23(21(3)17-19)25(29)28-12-6-8-22(18-28)26-13-15-27(16-14-26)24-9-5-4-7-20(24)2/h4-5,7,9-11,17,22H,6,8,12-16,18H2,1-3H3. The molecule has 1 amide bonds. The maximum Gasteiger partial charge on any atom is 0.254 e. The molecule has 4 nitrogen and oxygen atoms in total. The highest BCUT2D eigenvalue weighted by Gasteiger charge is 2.31. The van der Waals surface area contributed by atoms with Crippen molar-refractivity contribution in [3.05, 3.63) is 64.7 Å². The molecule has 2 aliphatic rings. The Morgan fingerprint density at radius 1 is 0.897 bits per heavy atom. The number of hydrogen-bond acceptors (Lipinski definition) is 3. The molecule has 2 aromatic carbocycles. The zero-order chi connectivity index (χ0) is 20.4. The van der Waals surface area contributed by atoms with Crippen molar-refractivity contribution in [2.45, 2.75) is 39.7 Å². The Morgan fingerprint density at radius 2 is 1.66 bits per heavy atom. The van der Waals surface area contributed by atoms with Crippen LogP contribution in [0.5, 0.6) is 0 Å². The first-order valence-corrected chi connectivity index (χ1v) is 10.9. The van der Waals surface area contributed by atoms with Gasteiger partial charge in [-0.15, -0.1) is 0 Å². The first-order valence-electron chi connectivity index (χ1n) is 10.9. The zero-order valence-electron chi connectivity index (χ0n) is 18.0. The average molecular weight is 392 g/mol. The van der Waals surface area contributed by atoms with Crippen molar-refractivity contribution < 1.29 is 4.79 Å². The summed E-state index contributed by atoms with van der Waals surface area (Å²) in [6.07, 6.45) is 2.29. The van der Waals surface area contributed by atoms with Gasteiger partial charge < -0.3 is 9.80 Å². The molecular weight excluding hydrogens is 358 g/mol. The molecule has 2 aromatic rings. The van der Waals surface area contributed by atoms with E-state index in [1.54, 1.807) is 0 Å². The summed E-state index contributed by atoms with van der Waals surface area (Å²) in [5.41, 5.74) is 5.87. The van der Waals surface area contributed by atoms with Crippen LogP contribution in [0.3, 0.4) is 0 Å². The second kappa shape index (κ2) is 8.58. The number of carbonyl (C=O) groups excluding carboxylic acids is 1. The fourth-order valence-corrected chi connectivity index (χ4v) is 4.91. The van der Waals surface area contributed by atoms with E-state index in [-0.39, 0.29) is 5.91 Å². The number of benzene rings is 2. The highest BCUT2D eigenvalue weighted by molar-refractivity contribution is 5.95. The van der Waals surface area contributed by atoms with Crippen LogP contribution in [0.4, 0.5) is 5.69 Å². The molecule has 2 heterocycles. The molecule has 0 N–H and O–H groups in total. The van der Waals surface area contributed by atoms with Crippen LogP contribution in [0.2, 0.25) is 0 Å². The van der Waals surface area contributed by atoms with Gasteiger partial charge in [0.1, 0.15) is 0 Å². The molecule has 0 saturated carbocycles. The summed E-state index contributed by atoms with van der Waals surface area (Å²) in [5.74, 6) is 0.200. The van der Waals surface area contributed by atoms with Crippen molar-refractivity contribution in [1.82, 2.24) is 9.80 Å². The van der Waals surface area contributed by atoms with Gasteiger partial charge in [-0.2, -0.15) is 0 Å². The van der Waals surface area contributed by atoms with E-state index in [4.69, 9.17) is 0 Å². The molecule has 0 aliphatic carbocycles. The van der Waals surface area contributed by atoms with E-state index in [1.165, 1.54) is 23.2 Å². The van der Waals surface area contributed by atoms with Crippen molar-refractivity contribution in [1.29, 1.82) is 0 Å². The number of anilines is 1. The second-order valence-corrected chi connectivity index (χ2v) is 8.68. The molecule has 0 radical (unpaired) electrons. The van der Waals surface area contributed by atoms with Crippen molar-refractivity contribution in [3.8, 4) is 0 Å². The number of rotatable bonds is 3. The molecule has 1 atom stereocenters. The lowest BCUT2D eigenvalue weighted by Crippen LogP contribution is -2.56. The third kappa shape index (κ3) is 4.32. The molecule has 0 bridgehead atoms. The lowest BCUT2D eigenvalue weighted by molar-refractivity contribution is 0.0563. The van der Waals surface area contributed by atoms with Gasteiger partial charge in [-0.25, -0.2) is 0 Å². The first kappa shape index (κ1) is 20.0. The monoisotopic (exact) mass is 391 g/mol. The van der Waals surface area contributed by atoms with E-state index >= 15 is 0 Å². The van der Waals surface area contributed by atoms with E-state index in [2.05, 4.69) is 58.9 Å². The molecular formula is C25H33N3O. The third-order valence-electron chi connectivity index (χ3n) is 6.58. The Morgan fingerprint density at radius 3 is 2.38 bits per heavy atom. The van der Waals surface area contributed by atoms with Crippen LogP contribution in [0.25, 0.3) is 0 Å². The summed E-state index contributed by atoms with van der Waals surface area (Å²) < 4.78 is 0. The van der Waals surface area contributed by atoms with Gasteiger partial charge in [-0.3, -0.25) is 9.69 Å². The summed E-state index contributed by atoms with van der Waals surface area (Å²) in [6.45, 7) is 12.3. The van der Waals surface area contributed by atoms with Crippen molar-refractivity contribution >= 4 is 11.6 Å². The van der Waals surface area contributed by atoms with Gasteiger partial charge in [0.25, 0.3) is 5.91 Å². The number of para-hydroxylation sites is 1. The van der Waals surface area contributed by atoms with Crippen LogP contribution in [0.1, 0.15) is 39.9 Å². The van der Waals surface area contributed by atoms with Crippen LogP contribution in [-0.2, 0) is 0 Å². The molecule has 2 saturated heterocycles. The van der Waals surface area contributed by atoms with Gasteiger partial charge in [0.15, 0.2) is 0 Å². The largest absolute Gasteiger partial charge is 0.369 e. The molecule has 0 spiro atoms. The number of likely N-dealkylation sites (tertiary alicyclic amines) is 1. The SMILES string of the molecule is Cc1ccc(C(=O)N2CCCC(N3CCN(c4ccccc4C)CC3)C2)c(C)c1. The van der Waals surface area contributed by atoms with E-state index in [0.29, 0.717) is 6.04 Å². The minimum absolute atomic E-state index is 0.200. The highest BCUT2D eigenvalue weighted by Crippen LogP contribution is 2.24. The summed E-state index contributed by atoms with van der Waals surface area (Å²) in [4.78, 5) is 20.3. The molecule has 154 valence electrons. The van der Waals surface area contributed by atoms with E-state index in [0.717, 1.165) is 56.8 Å². The van der Waals surface area contributed by atoms with Crippen molar-refractivity contribution in [3.63, 3.8) is 0 Å². The van der Waals surface area contributed by atoms with Crippen LogP contribution in [0.15, 0.2) is 42.5 Å². The Kier molecular flexibility index (Phi) is 5.91. The number of hydrogen-bond donors (Lipinski definition) is 0. The lowest BCUT2D eigenvalue weighted by Gasteiger charge is -2.44. The fraction of sp³-hybridized carbons (Fsp3) is 0.480. The van der Waals surface area contributed by atoms with Gasteiger partial charge in [0.2, 0.25) is 0 Å². The number of carbonyl (C=O) groups is 1. The predicted molar refractivity (Wildman–Crippen MR) is 120 cm³/mol.